The number of anilines is 1. The van der Waals surface area contributed by atoms with Gasteiger partial charge in [-0.3, -0.25) is 0 Å². The van der Waals surface area contributed by atoms with Crippen LogP contribution in [0, 0.1) is 5.82 Å². The van der Waals surface area contributed by atoms with E-state index in [-0.39, 0.29) is 11.9 Å². The van der Waals surface area contributed by atoms with Crippen molar-refractivity contribution in [2.24, 2.45) is 5.16 Å². The zero-order valence-corrected chi connectivity index (χ0v) is 13.4. The molecule has 5 rings (SSSR count). The van der Waals surface area contributed by atoms with Crippen LogP contribution in [0.5, 0.6) is 0 Å². The number of benzene rings is 1. The van der Waals surface area contributed by atoms with E-state index in [0.717, 1.165) is 29.1 Å². The Morgan fingerprint density at radius 1 is 1.29 bits per heavy atom. The second-order valence-electron chi connectivity index (χ2n) is 6.05. The largest absolute Gasteiger partial charge is 0.372 e. The molecule has 1 saturated heterocycles. The van der Waals surface area contributed by atoms with E-state index in [2.05, 4.69) is 20.8 Å². The van der Waals surface area contributed by atoms with Crippen molar-refractivity contribution in [3.05, 3.63) is 40.8 Å². The summed E-state index contributed by atoms with van der Waals surface area (Å²) in [6.07, 6.45) is 0.825. The van der Waals surface area contributed by atoms with Crippen LogP contribution in [0.15, 0.2) is 28.0 Å². The van der Waals surface area contributed by atoms with Gasteiger partial charge in [-0.2, -0.15) is 11.8 Å². The van der Waals surface area contributed by atoms with Gasteiger partial charge in [0.1, 0.15) is 5.82 Å². The summed E-state index contributed by atoms with van der Waals surface area (Å²) >= 11 is 1.87. The van der Waals surface area contributed by atoms with Crippen molar-refractivity contribution in [3.8, 4) is 0 Å². The molecule has 2 aliphatic heterocycles. The van der Waals surface area contributed by atoms with E-state index in [1.165, 1.54) is 6.07 Å². The molecular formula is C15H14FN5O2S. The molecule has 1 fully saturated rings. The summed E-state index contributed by atoms with van der Waals surface area (Å²) in [6, 6.07) is 5.29. The normalized spacial score (nSPS) is 22.3. The van der Waals surface area contributed by atoms with Crippen LogP contribution in [-0.4, -0.2) is 45.3 Å². The van der Waals surface area contributed by atoms with Gasteiger partial charge in [0, 0.05) is 17.5 Å². The number of fused-ring (bicyclic) bond motifs is 1. The lowest BCUT2D eigenvalue weighted by Crippen LogP contribution is -2.40. The maximum absolute atomic E-state index is 13.5. The second kappa shape index (κ2) is 5.37. The highest BCUT2D eigenvalue weighted by molar-refractivity contribution is 8.00. The highest BCUT2D eigenvalue weighted by Crippen LogP contribution is 2.40. The molecule has 124 valence electrons. The van der Waals surface area contributed by atoms with Gasteiger partial charge in [-0.05, 0) is 40.0 Å². The van der Waals surface area contributed by atoms with Crippen LogP contribution in [0.25, 0.3) is 0 Å². The molecule has 0 unspecified atom stereocenters. The van der Waals surface area contributed by atoms with Gasteiger partial charge in [0.15, 0.2) is 12.4 Å². The third-order valence-electron chi connectivity index (χ3n) is 4.56. The summed E-state index contributed by atoms with van der Waals surface area (Å²) in [5.41, 5.74) is 2.65. The Labute approximate surface area is 141 Å². The van der Waals surface area contributed by atoms with E-state index < -0.39 is 0 Å². The first-order valence-corrected chi connectivity index (χ1v) is 8.87. The molecule has 0 spiro atoms. The first kappa shape index (κ1) is 14.1. The van der Waals surface area contributed by atoms with Crippen LogP contribution in [0.1, 0.15) is 22.9 Å². The van der Waals surface area contributed by atoms with Gasteiger partial charge in [-0.15, -0.1) is 0 Å². The maximum Gasteiger partial charge on any atom is 0.204 e. The number of amidine groups is 1. The minimum atomic E-state index is -0.231. The molecule has 2 aromatic rings. The second-order valence-corrected chi connectivity index (χ2v) is 7.12. The van der Waals surface area contributed by atoms with E-state index >= 15 is 0 Å². The summed E-state index contributed by atoms with van der Waals surface area (Å²) in [5.74, 6) is 2.99. The number of hydrogen-bond acceptors (Lipinski definition) is 8. The Bertz CT molecular complexity index is 822. The summed E-state index contributed by atoms with van der Waals surface area (Å²) in [5, 5.41) is 15.4. The van der Waals surface area contributed by atoms with Gasteiger partial charge in [0.05, 0.1) is 6.04 Å². The van der Waals surface area contributed by atoms with Crippen molar-refractivity contribution < 1.29 is 13.9 Å². The monoisotopic (exact) mass is 347 g/mol. The number of rotatable bonds is 4. The Hall–Kier alpha value is -2.29. The van der Waals surface area contributed by atoms with E-state index in [9.17, 15) is 4.39 Å². The number of oxime groups is 1. The van der Waals surface area contributed by atoms with Crippen molar-refractivity contribution in [1.82, 2.24) is 15.2 Å². The quantitative estimate of drug-likeness (QED) is 0.906. The molecule has 7 nitrogen and oxygen atoms in total. The van der Waals surface area contributed by atoms with Crippen molar-refractivity contribution in [1.29, 1.82) is 0 Å². The first-order chi connectivity index (χ1) is 11.8. The Morgan fingerprint density at radius 3 is 3.04 bits per heavy atom. The smallest absolute Gasteiger partial charge is 0.204 e. The number of nitrogens with one attached hydrogen (secondary N) is 1. The SMILES string of the molecule is Fc1ccc2c(c1)[C@@H](N1CON=C1c1nonc1NC1CSC1)C2. The molecule has 0 bridgehead atoms. The molecule has 1 aromatic heterocycles. The highest BCUT2D eigenvalue weighted by atomic mass is 32.2. The van der Waals surface area contributed by atoms with Crippen LogP contribution in [-0.2, 0) is 11.3 Å². The predicted molar refractivity (Wildman–Crippen MR) is 86.2 cm³/mol. The van der Waals surface area contributed by atoms with Gasteiger partial charge < -0.3 is 15.1 Å². The number of nitrogens with zero attached hydrogens (tertiary/aromatic N) is 4. The van der Waals surface area contributed by atoms with Crippen molar-refractivity contribution in [2.45, 2.75) is 18.5 Å². The summed E-state index contributed by atoms with van der Waals surface area (Å²) in [6.45, 7) is 0.307. The Morgan fingerprint density at radius 2 is 2.21 bits per heavy atom. The fourth-order valence-corrected chi connectivity index (χ4v) is 3.79. The van der Waals surface area contributed by atoms with Crippen molar-refractivity contribution >= 4 is 23.4 Å². The minimum Gasteiger partial charge on any atom is -0.372 e. The van der Waals surface area contributed by atoms with Crippen LogP contribution >= 0.6 is 11.8 Å². The van der Waals surface area contributed by atoms with Gasteiger partial charge in [-0.25, -0.2) is 9.02 Å². The average molecular weight is 347 g/mol. The van der Waals surface area contributed by atoms with Crippen LogP contribution in [0.2, 0.25) is 0 Å². The minimum absolute atomic E-state index is 0.0285. The molecule has 1 N–H and O–H groups in total. The maximum atomic E-state index is 13.5. The molecule has 1 aromatic carbocycles. The van der Waals surface area contributed by atoms with Crippen LogP contribution in [0.3, 0.4) is 0 Å². The molecule has 3 aliphatic rings. The molecular weight excluding hydrogens is 333 g/mol. The molecule has 24 heavy (non-hydrogen) atoms. The zero-order chi connectivity index (χ0) is 16.1. The third kappa shape index (κ3) is 2.15. The highest BCUT2D eigenvalue weighted by Gasteiger charge is 2.39. The number of hydrogen-bond donors (Lipinski definition) is 1. The van der Waals surface area contributed by atoms with E-state index in [1.54, 1.807) is 6.07 Å². The van der Waals surface area contributed by atoms with Crippen molar-refractivity contribution in [2.75, 3.05) is 23.6 Å². The van der Waals surface area contributed by atoms with Gasteiger partial charge >= 0.3 is 0 Å². The molecule has 9 heteroatoms. The van der Waals surface area contributed by atoms with Gasteiger partial charge in [0.2, 0.25) is 11.7 Å². The topological polar surface area (TPSA) is 75.8 Å². The predicted octanol–water partition coefficient (Wildman–Crippen LogP) is 1.98. The van der Waals surface area contributed by atoms with Crippen LogP contribution in [0.4, 0.5) is 10.2 Å². The van der Waals surface area contributed by atoms with Gasteiger partial charge in [-0.1, -0.05) is 11.2 Å². The molecule has 1 aliphatic carbocycles. The lowest BCUT2D eigenvalue weighted by molar-refractivity contribution is 0.0850. The zero-order valence-electron chi connectivity index (χ0n) is 12.6. The molecule has 0 radical (unpaired) electrons. The van der Waals surface area contributed by atoms with Crippen molar-refractivity contribution in [3.63, 3.8) is 0 Å². The number of aromatic nitrogens is 2. The Balaban J connectivity index is 1.42. The molecule has 3 heterocycles. The summed E-state index contributed by atoms with van der Waals surface area (Å²) < 4.78 is 18.4. The number of halogens is 1. The fourth-order valence-electron chi connectivity index (χ4n) is 3.15. The van der Waals surface area contributed by atoms with Gasteiger partial charge in [0.25, 0.3) is 0 Å². The Kier molecular flexibility index (Phi) is 3.15. The molecule has 1 atom stereocenters. The fraction of sp³-hybridized carbons (Fsp3) is 0.400. The lowest BCUT2D eigenvalue weighted by atomic mass is 9.82. The molecule has 0 amide bonds. The molecule has 0 saturated carbocycles. The summed E-state index contributed by atoms with van der Waals surface area (Å²) in [7, 11) is 0. The third-order valence-corrected chi connectivity index (χ3v) is 5.83. The summed E-state index contributed by atoms with van der Waals surface area (Å²) in [4.78, 5) is 7.25. The van der Waals surface area contributed by atoms with E-state index in [1.807, 2.05) is 22.7 Å². The van der Waals surface area contributed by atoms with E-state index in [0.29, 0.717) is 30.1 Å². The van der Waals surface area contributed by atoms with Crippen LogP contribution < -0.4 is 5.32 Å². The van der Waals surface area contributed by atoms with E-state index in [4.69, 9.17) is 9.47 Å². The number of thioether (sulfide) groups is 1. The first-order valence-electron chi connectivity index (χ1n) is 7.72. The lowest BCUT2D eigenvalue weighted by Gasteiger charge is -2.37. The average Bonchev–Trinajstić information content (AvgIpc) is 3.15. The standard InChI is InChI=1S/C15H14FN5O2S/c16-9-2-1-8-3-12(11(8)4-9)21-7-22-20-15(21)13-14(19-23-18-13)17-10-5-24-6-10/h1-2,4,10,12H,3,5-7H2,(H,17,19)/t12-/m0/s1.